The van der Waals surface area contributed by atoms with Crippen molar-refractivity contribution in [3.63, 3.8) is 0 Å². The standard InChI is InChI=1S/C34H33ClN2O5S2/c1-23-11-15-28(16-12-23)43(39,40)36-22-30-33(20-31(36)26-9-6-10-27(35)19-26)37(44(41,42)29-17-13-24(2)14-18-29)32(21-34(30)38)25-7-4-3-5-8-25/h3-19,30-33H,20-22H2,1-2H3/t30-,31?,32?,33+/m1/s1. The lowest BCUT2D eigenvalue weighted by Crippen LogP contribution is -2.60. The van der Waals surface area contributed by atoms with Crippen molar-refractivity contribution in [2.75, 3.05) is 6.54 Å². The number of fused-ring (bicyclic) bond motifs is 1. The maximum atomic E-state index is 14.5. The molecule has 2 heterocycles. The molecule has 6 rings (SSSR count). The molecule has 2 aliphatic heterocycles. The molecule has 0 aliphatic carbocycles. The summed E-state index contributed by atoms with van der Waals surface area (Å²) in [4.78, 5) is 14.2. The first-order valence-electron chi connectivity index (χ1n) is 14.5. The summed E-state index contributed by atoms with van der Waals surface area (Å²) in [5.41, 5.74) is 3.18. The molecule has 2 aliphatic rings. The van der Waals surface area contributed by atoms with Crippen LogP contribution in [0.4, 0.5) is 0 Å². The molecular formula is C34H33ClN2O5S2. The molecule has 44 heavy (non-hydrogen) atoms. The smallest absolute Gasteiger partial charge is 0.243 e. The lowest BCUT2D eigenvalue weighted by Gasteiger charge is -2.51. The highest BCUT2D eigenvalue weighted by Gasteiger charge is 2.54. The average Bonchev–Trinajstić information content (AvgIpc) is 3.01. The van der Waals surface area contributed by atoms with Gasteiger partial charge in [-0.1, -0.05) is 89.5 Å². The van der Waals surface area contributed by atoms with Gasteiger partial charge in [0.2, 0.25) is 20.0 Å². The third-order valence-corrected chi connectivity index (χ3v) is 12.8. The van der Waals surface area contributed by atoms with E-state index in [1.54, 1.807) is 72.8 Å². The van der Waals surface area contributed by atoms with E-state index in [-0.39, 0.29) is 35.0 Å². The van der Waals surface area contributed by atoms with Crippen LogP contribution >= 0.6 is 11.6 Å². The van der Waals surface area contributed by atoms with Gasteiger partial charge in [0.1, 0.15) is 5.78 Å². The number of carbonyl (C=O) groups excluding carboxylic acids is 1. The second-order valence-corrected chi connectivity index (χ2v) is 15.8. The Morgan fingerprint density at radius 1 is 0.682 bits per heavy atom. The summed E-state index contributed by atoms with van der Waals surface area (Å²) in [5, 5.41) is 0.434. The fraction of sp³-hybridized carbons (Fsp3) is 0.265. The SMILES string of the molecule is Cc1ccc(S(=O)(=O)N2C[C@H]3C(=O)CC(c4ccccc4)N(S(=O)(=O)c4ccc(C)cc4)[C@H]3CC2c2cccc(Cl)c2)cc1. The Morgan fingerprint density at radius 3 is 1.84 bits per heavy atom. The Morgan fingerprint density at radius 2 is 1.25 bits per heavy atom. The first kappa shape index (κ1) is 30.7. The molecule has 0 aromatic heterocycles. The number of hydrogen-bond donors (Lipinski definition) is 0. The predicted molar refractivity (Wildman–Crippen MR) is 170 cm³/mol. The summed E-state index contributed by atoms with van der Waals surface area (Å²) < 4.78 is 60.3. The van der Waals surface area contributed by atoms with Crippen LogP contribution in [0.3, 0.4) is 0 Å². The van der Waals surface area contributed by atoms with Crippen LogP contribution in [0.25, 0.3) is 0 Å². The average molecular weight is 649 g/mol. The fourth-order valence-electron chi connectivity index (χ4n) is 6.46. The molecule has 228 valence electrons. The predicted octanol–water partition coefficient (Wildman–Crippen LogP) is 6.48. The normalized spacial score (nSPS) is 23.3. The van der Waals surface area contributed by atoms with E-state index in [1.807, 2.05) is 44.2 Å². The van der Waals surface area contributed by atoms with Gasteiger partial charge in [-0.2, -0.15) is 8.61 Å². The molecule has 0 saturated carbocycles. The largest absolute Gasteiger partial charge is 0.299 e. The number of Topliss-reactive ketones (excluding diaryl/α,β-unsaturated/α-hetero) is 1. The van der Waals surface area contributed by atoms with Crippen LogP contribution in [-0.2, 0) is 24.8 Å². The van der Waals surface area contributed by atoms with E-state index in [1.165, 1.54) is 8.61 Å². The molecule has 4 aromatic carbocycles. The molecule has 2 saturated heterocycles. The maximum absolute atomic E-state index is 14.5. The second kappa shape index (κ2) is 11.9. The summed E-state index contributed by atoms with van der Waals surface area (Å²) in [6.45, 7) is 3.61. The Balaban J connectivity index is 1.51. The van der Waals surface area contributed by atoms with Crippen LogP contribution in [0.1, 0.15) is 47.2 Å². The Bertz CT molecular complexity index is 1900. The van der Waals surface area contributed by atoms with Crippen molar-refractivity contribution >= 4 is 37.4 Å². The van der Waals surface area contributed by atoms with Crippen molar-refractivity contribution in [1.29, 1.82) is 0 Å². The molecule has 2 unspecified atom stereocenters. The van der Waals surface area contributed by atoms with Crippen LogP contribution in [-0.4, -0.2) is 43.8 Å². The van der Waals surface area contributed by atoms with E-state index < -0.39 is 44.1 Å². The van der Waals surface area contributed by atoms with Crippen molar-refractivity contribution in [2.45, 2.75) is 54.6 Å². The molecule has 0 N–H and O–H groups in total. The monoisotopic (exact) mass is 648 g/mol. The quantitative estimate of drug-likeness (QED) is 0.239. The number of ketones is 1. The molecular weight excluding hydrogens is 616 g/mol. The highest BCUT2D eigenvalue weighted by molar-refractivity contribution is 7.89. The van der Waals surface area contributed by atoms with Crippen LogP contribution in [0.15, 0.2) is 113 Å². The third kappa shape index (κ3) is 5.63. The molecule has 7 nitrogen and oxygen atoms in total. The Kier molecular flexibility index (Phi) is 8.28. The first-order valence-corrected chi connectivity index (χ1v) is 17.7. The Hall–Kier alpha value is -3.34. The van der Waals surface area contributed by atoms with Gasteiger partial charge in [-0.05, 0) is 67.8 Å². The summed E-state index contributed by atoms with van der Waals surface area (Å²) in [6.07, 6.45) is 0.0206. The topological polar surface area (TPSA) is 91.8 Å². The van der Waals surface area contributed by atoms with E-state index >= 15 is 0 Å². The van der Waals surface area contributed by atoms with E-state index in [0.717, 1.165) is 11.1 Å². The van der Waals surface area contributed by atoms with Gasteiger partial charge in [0, 0.05) is 29.9 Å². The number of nitrogens with zero attached hydrogens (tertiary/aromatic N) is 2. The minimum atomic E-state index is -4.11. The number of halogens is 1. The van der Waals surface area contributed by atoms with Gasteiger partial charge in [-0.3, -0.25) is 4.79 Å². The summed E-state index contributed by atoms with van der Waals surface area (Å²) >= 11 is 6.39. The van der Waals surface area contributed by atoms with Gasteiger partial charge in [0.15, 0.2) is 0 Å². The zero-order valence-electron chi connectivity index (χ0n) is 24.4. The number of rotatable bonds is 6. The van der Waals surface area contributed by atoms with Crippen LogP contribution in [0.5, 0.6) is 0 Å². The van der Waals surface area contributed by atoms with E-state index in [2.05, 4.69) is 0 Å². The molecule has 2 fully saturated rings. The number of piperidine rings is 2. The highest BCUT2D eigenvalue weighted by Crippen LogP contribution is 2.48. The number of aryl methyl sites for hydroxylation is 2. The van der Waals surface area contributed by atoms with Crippen molar-refractivity contribution in [1.82, 2.24) is 8.61 Å². The first-order chi connectivity index (χ1) is 21.0. The van der Waals surface area contributed by atoms with E-state index in [4.69, 9.17) is 11.6 Å². The number of benzene rings is 4. The zero-order valence-corrected chi connectivity index (χ0v) is 26.8. The highest BCUT2D eigenvalue weighted by atomic mass is 35.5. The van der Waals surface area contributed by atoms with Crippen molar-refractivity contribution < 1.29 is 21.6 Å². The molecule has 10 heteroatoms. The van der Waals surface area contributed by atoms with Crippen molar-refractivity contribution in [2.24, 2.45) is 5.92 Å². The zero-order chi connectivity index (χ0) is 31.2. The van der Waals surface area contributed by atoms with Gasteiger partial charge >= 0.3 is 0 Å². The minimum absolute atomic E-state index is 0.0590. The van der Waals surface area contributed by atoms with Crippen LogP contribution in [0.2, 0.25) is 5.02 Å². The second-order valence-electron chi connectivity index (χ2n) is 11.6. The number of hydrogen-bond acceptors (Lipinski definition) is 5. The van der Waals surface area contributed by atoms with Gasteiger partial charge in [-0.15, -0.1) is 0 Å². The summed E-state index contributed by atoms with van der Waals surface area (Å²) in [7, 11) is -8.17. The lowest BCUT2D eigenvalue weighted by atomic mass is 9.77. The van der Waals surface area contributed by atoms with Crippen molar-refractivity contribution in [3.8, 4) is 0 Å². The molecule has 4 aromatic rings. The molecule has 0 radical (unpaired) electrons. The number of sulfonamides is 2. The maximum Gasteiger partial charge on any atom is 0.243 e. The Labute approximate surface area is 264 Å². The number of carbonyl (C=O) groups is 1. The lowest BCUT2D eigenvalue weighted by molar-refractivity contribution is -0.132. The van der Waals surface area contributed by atoms with Crippen LogP contribution < -0.4 is 0 Å². The molecule has 0 spiro atoms. The van der Waals surface area contributed by atoms with Gasteiger partial charge in [0.05, 0.1) is 21.9 Å². The fourth-order valence-corrected chi connectivity index (χ4v) is 10.2. The summed E-state index contributed by atoms with van der Waals surface area (Å²) in [5.74, 6) is -1.02. The van der Waals surface area contributed by atoms with Crippen molar-refractivity contribution in [3.05, 3.63) is 130 Å². The third-order valence-electron chi connectivity index (χ3n) is 8.74. The summed E-state index contributed by atoms with van der Waals surface area (Å²) in [6, 6.07) is 27.1. The minimum Gasteiger partial charge on any atom is -0.299 e. The van der Waals surface area contributed by atoms with Gasteiger partial charge in [0.25, 0.3) is 0 Å². The van der Waals surface area contributed by atoms with E-state index in [9.17, 15) is 21.6 Å². The van der Waals surface area contributed by atoms with Crippen LogP contribution in [0, 0.1) is 19.8 Å². The van der Waals surface area contributed by atoms with Gasteiger partial charge < -0.3 is 0 Å². The van der Waals surface area contributed by atoms with E-state index in [0.29, 0.717) is 16.1 Å². The molecule has 0 amide bonds. The molecule has 0 bridgehead atoms. The van der Waals surface area contributed by atoms with Gasteiger partial charge in [-0.25, -0.2) is 16.8 Å². The molecule has 4 atom stereocenters.